The minimum atomic E-state index is -3.58. The van der Waals surface area contributed by atoms with Crippen LogP contribution < -0.4 is 14.8 Å². The van der Waals surface area contributed by atoms with E-state index in [1.54, 1.807) is 12.3 Å². The van der Waals surface area contributed by atoms with Crippen LogP contribution in [-0.2, 0) is 14.6 Å². The lowest BCUT2D eigenvalue weighted by molar-refractivity contribution is -0.114. The Morgan fingerprint density at radius 1 is 1.29 bits per heavy atom. The van der Waals surface area contributed by atoms with Crippen LogP contribution in [0.15, 0.2) is 29.6 Å². The molecule has 0 radical (unpaired) electrons. The molecule has 0 aromatic carbocycles. The van der Waals surface area contributed by atoms with Crippen molar-refractivity contribution >= 4 is 32.5 Å². The second kappa shape index (κ2) is 6.94. The first-order valence-corrected chi connectivity index (χ1v) is 11.9. The van der Waals surface area contributed by atoms with E-state index in [0.717, 1.165) is 30.0 Å². The number of rotatable bonds is 4. The fourth-order valence-electron chi connectivity index (χ4n) is 3.78. The molecule has 162 valence electrons. The van der Waals surface area contributed by atoms with E-state index in [-0.39, 0.29) is 17.0 Å². The number of nitrogens with one attached hydrogen (secondary N) is 1. The van der Waals surface area contributed by atoms with E-state index in [1.165, 1.54) is 13.0 Å². The first-order chi connectivity index (χ1) is 14.7. The predicted octanol–water partition coefficient (Wildman–Crippen LogP) is 2.95. The summed E-state index contributed by atoms with van der Waals surface area (Å²) in [6.07, 6.45) is 6.70. The molecule has 1 aliphatic heterocycles. The average Bonchev–Trinajstić information content (AvgIpc) is 3.46. The molecule has 5 rings (SSSR count). The number of carbonyl (C=O) groups is 1. The summed E-state index contributed by atoms with van der Waals surface area (Å²) in [6, 6.07) is 3.54. The van der Waals surface area contributed by atoms with Crippen molar-refractivity contribution in [3.63, 3.8) is 0 Å². The van der Waals surface area contributed by atoms with Gasteiger partial charge in [-0.05, 0) is 25.8 Å². The molecule has 0 saturated heterocycles. The van der Waals surface area contributed by atoms with Crippen molar-refractivity contribution in [2.24, 2.45) is 0 Å². The van der Waals surface area contributed by atoms with Gasteiger partial charge in [0.25, 0.3) is 0 Å². The maximum Gasteiger partial charge on any atom is 0.222 e. The Bertz CT molecular complexity index is 1330. The van der Waals surface area contributed by atoms with Gasteiger partial charge in [-0.1, -0.05) is 0 Å². The van der Waals surface area contributed by atoms with E-state index in [2.05, 4.69) is 19.9 Å². The first kappa shape index (κ1) is 19.8. The molecule has 4 heterocycles. The summed E-state index contributed by atoms with van der Waals surface area (Å²) in [5, 5.41) is 3.42. The van der Waals surface area contributed by atoms with Crippen LogP contribution in [0.1, 0.15) is 32.7 Å². The molecule has 10 heteroatoms. The molecule has 1 aliphatic carbocycles. The second-order valence-electron chi connectivity index (χ2n) is 8.10. The maximum absolute atomic E-state index is 12.3. The maximum atomic E-state index is 12.3. The highest BCUT2D eigenvalue weighted by Crippen LogP contribution is 2.46. The van der Waals surface area contributed by atoms with Gasteiger partial charge in [0.05, 0.1) is 11.7 Å². The molecule has 1 atom stereocenters. The molecule has 1 fully saturated rings. The van der Waals surface area contributed by atoms with Crippen LogP contribution in [0, 0.1) is 0 Å². The molecule has 3 aromatic rings. The number of sulfone groups is 1. The van der Waals surface area contributed by atoms with Gasteiger partial charge in [0.15, 0.2) is 26.4 Å². The largest absolute Gasteiger partial charge is 0.484 e. The Kier molecular flexibility index (Phi) is 4.44. The van der Waals surface area contributed by atoms with Crippen molar-refractivity contribution in [3.05, 3.63) is 24.5 Å². The number of pyridine rings is 2. The van der Waals surface area contributed by atoms with Crippen LogP contribution >= 0.6 is 0 Å². The summed E-state index contributed by atoms with van der Waals surface area (Å²) in [4.78, 5) is 20.4. The van der Waals surface area contributed by atoms with E-state index in [1.807, 2.05) is 13.1 Å². The number of nitrogens with zero attached hydrogens (tertiary/aromatic N) is 3. The van der Waals surface area contributed by atoms with Gasteiger partial charge in [0.1, 0.15) is 24.2 Å². The Labute approximate surface area is 179 Å². The summed E-state index contributed by atoms with van der Waals surface area (Å²) in [7, 11) is -3.58. The van der Waals surface area contributed by atoms with E-state index in [9.17, 15) is 13.2 Å². The van der Waals surface area contributed by atoms with Crippen molar-refractivity contribution in [2.45, 2.75) is 43.9 Å². The fraction of sp³-hybridized carbons (Fsp3) is 0.381. The molecule has 1 N–H and O–H groups in total. The SMILES string of the molecule is CC(=O)Nc1cc2c(-c3nc(S(C)(=O)=O)cc4c3OCC(C)O4)cn(C3CC3)c2cn1. The van der Waals surface area contributed by atoms with E-state index >= 15 is 0 Å². The van der Waals surface area contributed by atoms with Crippen molar-refractivity contribution in [2.75, 3.05) is 18.2 Å². The van der Waals surface area contributed by atoms with Gasteiger partial charge >= 0.3 is 0 Å². The van der Waals surface area contributed by atoms with Gasteiger partial charge in [0.2, 0.25) is 5.91 Å². The smallest absolute Gasteiger partial charge is 0.222 e. The van der Waals surface area contributed by atoms with Crippen molar-refractivity contribution < 1.29 is 22.7 Å². The second-order valence-corrected chi connectivity index (χ2v) is 10.1. The Hall–Kier alpha value is -3.14. The zero-order valence-electron chi connectivity index (χ0n) is 17.4. The number of hydrogen-bond acceptors (Lipinski definition) is 7. The van der Waals surface area contributed by atoms with Gasteiger partial charge in [-0.25, -0.2) is 18.4 Å². The van der Waals surface area contributed by atoms with Gasteiger partial charge < -0.3 is 19.4 Å². The third-order valence-corrected chi connectivity index (χ3v) is 6.27. The van der Waals surface area contributed by atoms with Crippen LogP contribution in [-0.4, -0.2) is 47.8 Å². The number of ether oxygens (including phenoxy) is 2. The normalized spacial score (nSPS) is 18.2. The Morgan fingerprint density at radius 3 is 2.74 bits per heavy atom. The molecule has 1 saturated carbocycles. The highest BCUT2D eigenvalue weighted by molar-refractivity contribution is 7.90. The Balaban J connectivity index is 1.78. The van der Waals surface area contributed by atoms with Crippen LogP contribution in [0.3, 0.4) is 0 Å². The summed E-state index contributed by atoms with van der Waals surface area (Å²) < 4.78 is 38.6. The highest BCUT2D eigenvalue weighted by Gasteiger charge is 2.31. The Morgan fingerprint density at radius 2 is 2.06 bits per heavy atom. The number of aromatic nitrogens is 3. The highest BCUT2D eigenvalue weighted by atomic mass is 32.2. The van der Waals surface area contributed by atoms with Crippen LogP contribution in [0.4, 0.5) is 5.82 Å². The fourth-order valence-corrected chi connectivity index (χ4v) is 4.36. The number of hydrogen-bond donors (Lipinski definition) is 1. The molecule has 2 aliphatic rings. The molecule has 9 nitrogen and oxygen atoms in total. The number of amides is 1. The molecular formula is C21H22N4O5S. The number of carbonyl (C=O) groups excluding carboxylic acids is 1. The lowest BCUT2D eigenvalue weighted by Crippen LogP contribution is -2.26. The third-order valence-electron chi connectivity index (χ3n) is 5.30. The standard InChI is InChI=1S/C21H22N4O5S/c1-11-10-29-21-17(30-11)7-19(31(3,27)28)24-20(21)15-9-25(13-4-5-13)16-8-22-18(6-14(15)16)23-12(2)26/h6-9,11,13H,4-5,10H2,1-3H3,(H,22,23,26). The quantitative estimate of drug-likeness (QED) is 0.661. The van der Waals surface area contributed by atoms with Gasteiger partial charge in [0, 0.05) is 42.4 Å². The first-order valence-electron chi connectivity index (χ1n) is 10.0. The summed E-state index contributed by atoms with van der Waals surface area (Å²) in [5.41, 5.74) is 1.99. The van der Waals surface area contributed by atoms with Crippen molar-refractivity contribution in [1.29, 1.82) is 0 Å². The molecular weight excluding hydrogens is 420 g/mol. The minimum absolute atomic E-state index is 0.0811. The van der Waals surface area contributed by atoms with E-state index in [4.69, 9.17) is 9.47 Å². The van der Waals surface area contributed by atoms with E-state index in [0.29, 0.717) is 41.2 Å². The molecule has 3 aromatic heterocycles. The van der Waals surface area contributed by atoms with Gasteiger partial charge in [-0.3, -0.25) is 4.79 Å². The van der Waals surface area contributed by atoms with Gasteiger partial charge in [-0.15, -0.1) is 0 Å². The van der Waals surface area contributed by atoms with Crippen LogP contribution in [0.5, 0.6) is 11.5 Å². The zero-order chi connectivity index (χ0) is 21.9. The average molecular weight is 442 g/mol. The summed E-state index contributed by atoms with van der Waals surface area (Å²) >= 11 is 0. The molecule has 1 unspecified atom stereocenters. The molecule has 31 heavy (non-hydrogen) atoms. The summed E-state index contributed by atoms with van der Waals surface area (Å²) in [6.45, 7) is 3.61. The predicted molar refractivity (Wildman–Crippen MR) is 114 cm³/mol. The van der Waals surface area contributed by atoms with E-state index < -0.39 is 9.84 Å². The number of fused-ring (bicyclic) bond motifs is 2. The minimum Gasteiger partial charge on any atom is -0.484 e. The van der Waals surface area contributed by atoms with Crippen molar-refractivity contribution in [1.82, 2.24) is 14.5 Å². The monoisotopic (exact) mass is 442 g/mol. The lowest BCUT2D eigenvalue weighted by atomic mass is 10.1. The van der Waals surface area contributed by atoms with Crippen molar-refractivity contribution in [3.8, 4) is 22.8 Å². The topological polar surface area (TPSA) is 112 Å². The number of anilines is 1. The molecule has 0 bridgehead atoms. The van der Waals surface area contributed by atoms with Crippen LogP contribution in [0.25, 0.3) is 22.2 Å². The lowest BCUT2D eigenvalue weighted by Gasteiger charge is -2.25. The third kappa shape index (κ3) is 3.60. The molecule has 0 spiro atoms. The van der Waals surface area contributed by atoms with Gasteiger partial charge in [-0.2, -0.15) is 0 Å². The zero-order valence-corrected chi connectivity index (χ0v) is 18.2. The van der Waals surface area contributed by atoms with Crippen LogP contribution in [0.2, 0.25) is 0 Å². The summed E-state index contributed by atoms with van der Waals surface area (Å²) in [5.74, 6) is 0.954. The molecule has 1 amide bonds.